The van der Waals surface area contributed by atoms with Crippen molar-refractivity contribution in [2.75, 3.05) is 12.4 Å². The van der Waals surface area contributed by atoms with Crippen LogP contribution in [-0.4, -0.2) is 17.3 Å². The highest BCUT2D eigenvalue weighted by molar-refractivity contribution is 6.42. The molecule has 0 amide bonds. The van der Waals surface area contributed by atoms with Crippen LogP contribution in [0.3, 0.4) is 0 Å². The predicted octanol–water partition coefficient (Wildman–Crippen LogP) is 4.66. The quantitative estimate of drug-likeness (QED) is 0.725. The third-order valence-electron chi connectivity index (χ3n) is 3.15. The van der Waals surface area contributed by atoms with E-state index in [1.54, 1.807) is 19.2 Å². The molecule has 0 aliphatic rings. The summed E-state index contributed by atoms with van der Waals surface area (Å²) in [5.74, 6) is 1.64. The number of benzene rings is 2. The summed E-state index contributed by atoms with van der Waals surface area (Å²) < 4.78 is 10.8. The van der Waals surface area contributed by atoms with Crippen molar-refractivity contribution in [3.8, 4) is 17.2 Å². The SMILES string of the molecule is COc1cccc(-c2nnc(CNc3ccc(Cl)c(Cl)c3)o2)c1. The van der Waals surface area contributed by atoms with Gasteiger partial charge in [-0.2, -0.15) is 0 Å². The van der Waals surface area contributed by atoms with Crippen LogP contribution in [-0.2, 0) is 6.54 Å². The van der Waals surface area contributed by atoms with E-state index < -0.39 is 0 Å². The van der Waals surface area contributed by atoms with Crippen LogP contribution in [0.4, 0.5) is 5.69 Å². The number of rotatable bonds is 5. The molecule has 0 radical (unpaired) electrons. The van der Waals surface area contributed by atoms with Gasteiger partial charge >= 0.3 is 0 Å². The lowest BCUT2D eigenvalue weighted by Crippen LogP contribution is -1.99. The fraction of sp³-hybridized carbons (Fsp3) is 0.125. The molecule has 0 saturated heterocycles. The van der Waals surface area contributed by atoms with E-state index in [9.17, 15) is 0 Å². The zero-order valence-electron chi connectivity index (χ0n) is 12.2. The topological polar surface area (TPSA) is 60.2 Å². The van der Waals surface area contributed by atoms with E-state index in [0.29, 0.717) is 28.4 Å². The molecule has 1 heterocycles. The number of methoxy groups -OCH3 is 1. The number of nitrogens with one attached hydrogen (secondary N) is 1. The van der Waals surface area contributed by atoms with Crippen LogP contribution in [0.1, 0.15) is 5.89 Å². The van der Waals surface area contributed by atoms with Gasteiger partial charge in [0.1, 0.15) is 5.75 Å². The van der Waals surface area contributed by atoms with Gasteiger partial charge in [-0.15, -0.1) is 10.2 Å². The Hall–Kier alpha value is -2.24. The van der Waals surface area contributed by atoms with Gasteiger partial charge in [0.25, 0.3) is 0 Å². The van der Waals surface area contributed by atoms with Gasteiger partial charge in [-0.05, 0) is 36.4 Å². The highest BCUT2D eigenvalue weighted by Gasteiger charge is 2.09. The summed E-state index contributed by atoms with van der Waals surface area (Å²) in [6.45, 7) is 0.384. The molecule has 3 aromatic rings. The minimum atomic E-state index is 0.384. The van der Waals surface area contributed by atoms with E-state index in [-0.39, 0.29) is 0 Å². The van der Waals surface area contributed by atoms with Crippen LogP contribution in [0.25, 0.3) is 11.5 Å². The fourth-order valence-corrected chi connectivity index (χ4v) is 2.28. The molecule has 118 valence electrons. The molecule has 1 aromatic heterocycles. The van der Waals surface area contributed by atoms with Crippen LogP contribution in [0.15, 0.2) is 46.9 Å². The normalized spacial score (nSPS) is 10.6. The first-order valence-corrected chi connectivity index (χ1v) is 7.57. The molecule has 23 heavy (non-hydrogen) atoms. The third kappa shape index (κ3) is 3.75. The molecular weight excluding hydrogens is 337 g/mol. The summed E-state index contributed by atoms with van der Waals surface area (Å²) >= 11 is 11.9. The van der Waals surface area contributed by atoms with Crippen molar-refractivity contribution >= 4 is 28.9 Å². The molecule has 1 N–H and O–H groups in total. The molecule has 7 heteroatoms. The second-order valence-corrected chi connectivity index (χ2v) is 5.53. The van der Waals surface area contributed by atoms with Gasteiger partial charge in [-0.25, -0.2) is 0 Å². The molecule has 0 atom stereocenters. The van der Waals surface area contributed by atoms with Gasteiger partial charge in [0.15, 0.2) is 0 Å². The smallest absolute Gasteiger partial charge is 0.247 e. The average molecular weight is 350 g/mol. The standard InChI is InChI=1S/C16H13Cl2N3O2/c1-22-12-4-2-3-10(7-12)16-21-20-15(23-16)9-19-11-5-6-13(17)14(18)8-11/h2-8,19H,9H2,1H3. The fourth-order valence-electron chi connectivity index (χ4n) is 1.98. The maximum Gasteiger partial charge on any atom is 0.247 e. The summed E-state index contributed by atoms with van der Waals surface area (Å²) in [7, 11) is 1.61. The lowest BCUT2D eigenvalue weighted by atomic mass is 10.2. The number of nitrogens with zero attached hydrogens (tertiary/aromatic N) is 2. The van der Waals surface area contributed by atoms with Crippen molar-refractivity contribution in [3.63, 3.8) is 0 Å². The summed E-state index contributed by atoms with van der Waals surface area (Å²) in [6.07, 6.45) is 0. The largest absolute Gasteiger partial charge is 0.497 e. The van der Waals surface area contributed by atoms with Crippen LogP contribution in [0, 0.1) is 0 Å². The molecular formula is C16H13Cl2N3O2. The Morgan fingerprint density at radius 3 is 2.74 bits per heavy atom. The lowest BCUT2D eigenvalue weighted by molar-refractivity contribution is 0.414. The zero-order valence-corrected chi connectivity index (χ0v) is 13.7. The second kappa shape index (κ2) is 6.89. The molecule has 2 aromatic carbocycles. The number of hydrogen-bond acceptors (Lipinski definition) is 5. The van der Waals surface area contributed by atoms with E-state index >= 15 is 0 Å². The second-order valence-electron chi connectivity index (χ2n) is 4.72. The minimum absolute atomic E-state index is 0.384. The average Bonchev–Trinajstić information content (AvgIpc) is 3.05. The van der Waals surface area contributed by atoms with Crippen LogP contribution in [0.5, 0.6) is 5.75 Å². The zero-order chi connectivity index (χ0) is 16.2. The Labute approximate surface area is 143 Å². The Morgan fingerprint density at radius 1 is 1.09 bits per heavy atom. The lowest BCUT2D eigenvalue weighted by Gasteiger charge is -2.04. The van der Waals surface area contributed by atoms with Crippen molar-refractivity contribution in [1.82, 2.24) is 10.2 Å². The van der Waals surface area contributed by atoms with Crippen LogP contribution >= 0.6 is 23.2 Å². The molecule has 0 unspecified atom stereocenters. The minimum Gasteiger partial charge on any atom is -0.497 e. The molecule has 0 aliphatic carbocycles. The molecule has 3 rings (SSSR count). The number of halogens is 2. The van der Waals surface area contributed by atoms with E-state index in [0.717, 1.165) is 17.0 Å². The Kier molecular flexibility index (Phi) is 4.69. The van der Waals surface area contributed by atoms with Crippen molar-refractivity contribution in [3.05, 3.63) is 58.4 Å². The Morgan fingerprint density at radius 2 is 1.96 bits per heavy atom. The number of hydrogen-bond donors (Lipinski definition) is 1. The van der Waals surface area contributed by atoms with Crippen molar-refractivity contribution in [2.24, 2.45) is 0 Å². The first-order chi connectivity index (χ1) is 11.2. The maximum atomic E-state index is 5.97. The van der Waals surface area contributed by atoms with Crippen molar-refractivity contribution < 1.29 is 9.15 Å². The van der Waals surface area contributed by atoms with E-state index in [1.807, 2.05) is 30.3 Å². The van der Waals surface area contributed by atoms with Gasteiger partial charge in [-0.1, -0.05) is 29.3 Å². The molecule has 0 bridgehead atoms. The summed E-state index contributed by atoms with van der Waals surface area (Å²) in [5.41, 5.74) is 1.62. The Bertz CT molecular complexity index is 821. The number of anilines is 1. The monoisotopic (exact) mass is 349 g/mol. The first kappa shape index (κ1) is 15.6. The maximum absolute atomic E-state index is 5.97. The van der Waals surface area contributed by atoms with Gasteiger partial charge in [0.05, 0.1) is 23.7 Å². The molecule has 0 spiro atoms. The molecule has 5 nitrogen and oxygen atoms in total. The van der Waals surface area contributed by atoms with Gasteiger partial charge < -0.3 is 14.5 Å². The molecule has 0 saturated carbocycles. The predicted molar refractivity (Wildman–Crippen MR) is 90.1 cm³/mol. The third-order valence-corrected chi connectivity index (χ3v) is 3.89. The Balaban J connectivity index is 1.70. The summed E-state index contributed by atoms with van der Waals surface area (Å²) in [5, 5.41) is 12.2. The number of ether oxygens (including phenoxy) is 1. The number of aromatic nitrogens is 2. The van der Waals surface area contributed by atoms with Gasteiger partial charge in [0, 0.05) is 11.3 Å². The highest BCUT2D eigenvalue weighted by atomic mass is 35.5. The molecule has 0 fully saturated rings. The van der Waals surface area contributed by atoms with Gasteiger partial charge in [-0.3, -0.25) is 0 Å². The summed E-state index contributed by atoms with van der Waals surface area (Å²) in [6, 6.07) is 12.7. The summed E-state index contributed by atoms with van der Waals surface area (Å²) in [4.78, 5) is 0. The first-order valence-electron chi connectivity index (χ1n) is 6.81. The van der Waals surface area contributed by atoms with Crippen LogP contribution < -0.4 is 10.1 Å². The van der Waals surface area contributed by atoms with E-state index in [2.05, 4.69) is 15.5 Å². The molecule has 0 aliphatic heterocycles. The van der Waals surface area contributed by atoms with E-state index in [4.69, 9.17) is 32.4 Å². The van der Waals surface area contributed by atoms with Gasteiger partial charge in [0.2, 0.25) is 11.8 Å². The van der Waals surface area contributed by atoms with Crippen LogP contribution in [0.2, 0.25) is 10.0 Å². The van der Waals surface area contributed by atoms with Crippen molar-refractivity contribution in [2.45, 2.75) is 6.54 Å². The highest BCUT2D eigenvalue weighted by Crippen LogP contribution is 2.26. The van der Waals surface area contributed by atoms with E-state index in [1.165, 1.54) is 0 Å². The van der Waals surface area contributed by atoms with Crippen molar-refractivity contribution in [1.29, 1.82) is 0 Å².